The molecule has 0 aliphatic carbocycles. The summed E-state index contributed by atoms with van der Waals surface area (Å²) >= 11 is 0. The van der Waals surface area contributed by atoms with Gasteiger partial charge in [-0.3, -0.25) is 4.68 Å². The molecule has 2 heterocycles. The highest BCUT2D eigenvalue weighted by Gasteiger charge is 2.18. The van der Waals surface area contributed by atoms with E-state index in [1.54, 1.807) is 0 Å². The van der Waals surface area contributed by atoms with Gasteiger partial charge in [-0.1, -0.05) is 12.1 Å². The lowest BCUT2D eigenvalue weighted by atomic mass is 10.1. The molecular formula is C15H20N4O. The second-order valence-corrected chi connectivity index (χ2v) is 5.33. The van der Waals surface area contributed by atoms with Crippen LogP contribution in [0.4, 0.5) is 5.69 Å². The normalized spacial score (nSPS) is 20.1. The van der Waals surface area contributed by atoms with Crippen LogP contribution < -0.4 is 5.73 Å². The monoisotopic (exact) mass is 272 g/mol. The predicted molar refractivity (Wildman–Crippen MR) is 79.3 cm³/mol. The lowest BCUT2D eigenvalue weighted by molar-refractivity contribution is -0.0290. The molecule has 1 fully saturated rings. The minimum Gasteiger partial charge on any atom is -0.399 e. The van der Waals surface area contributed by atoms with Gasteiger partial charge >= 0.3 is 0 Å². The second-order valence-electron chi connectivity index (χ2n) is 5.33. The number of likely N-dealkylation sites (N-methyl/N-ethyl adjacent to an activating group) is 1. The smallest absolute Gasteiger partial charge is 0.0897 e. The molecule has 20 heavy (non-hydrogen) atoms. The van der Waals surface area contributed by atoms with E-state index >= 15 is 0 Å². The van der Waals surface area contributed by atoms with E-state index in [1.807, 2.05) is 35.1 Å². The van der Waals surface area contributed by atoms with Crippen LogP contribution in [-0.2, 0) is 11.3 Å². The zero-order valence-corrected chi connectivity index (χ0v) is 11.7. The number of hydrogen-bond donors (Lipinski definition) is 1. The van der Waals surface area contributed by atoms with E-state index in [0.29, 0.717) is 0 Å². The van der Waals surface area contributed by atoms with E-state index in [-0.39, 0.29) is 6.10 Å². The van der Waals surface area contributed by atoms with Crippen LogP contribution in [0.2, 0.25) is 0 Å². The van der Waals surface area contributed by atoms with Crippen molar-refractivity contribution >= 4 is 5.69 Å². The zero-order chi connectivity index (χ0) is 13.9. The number of hydrogen-bond acceptors (Lipinski definition) is 4. The Bertz CT molecular complexity index is 564. The molecule has 1 unspecified atom stereocenters. The molecule has 0 radical (unpaired) electrons. The summed E-state index contributed by atoms with van der Waals surface area (Å²) in [5.74, 6) is 0. The number of rotatable bonds is 3. The van der Waals surface area contributed by atoms with E-state index in [9.17, 15) is 0 Å². The topological polar surface area (TPSA) is 56.3 Å². The van der Waals surface area contributed by atoms with Gasteiger partial charge in [0.15, 0.2) is 0 Å². The highest BCUT2D eigenvalue weighted by molar-refractivity contribution is 5.63. The van der Waals surface area contributed by atoms with E-state index in [2.05, 4.69) is 23.2 Å². The fourth-order valence-electron chi connectivity index (χ4n) is 2.47. The summed E-state index contributed by atoms with van der Waals surface area (Å²) in [5.41, 5.74) is 8.72. The summed E-state index contributed by atoms with van der Waals surface area (Å²) in [6.07, 6.45) is 4.16. The summed E-state index contributed by atoms with van der Waals surface area (Å²) < 4.78 is 7.72. The molecule has 1 aliphatic rings. The maximum absolute atomic E-state index is 5.76. The van der Waals surface area contributed by atoms with Crippen molar-refractivity contribution in [3.63, 3.8) is 0 Å². The maximum atomic E-state index is 5.76. The summed E-state index contributed by atoms with van der Waals surface area (Å²) in [5, 5.41) is 4.42. The number of nitrogens with zero attached hydrogens (tertiary/aromatic N) is 3. The highest BCUT2D eigenvalue weighted by atomic mass is 16.5. The molecule has 2 aromatic rings. The van der Waals surface area contributed by atoms with Gasteiger partial charge in [-0.05, 0) is 24.7 Å². The molecule has 1 aliphatic heterocycles. The van der Waals surface area contributed by atoms with Crippen LogP contribution in [0.5, 0.6) is 0 Å². The Morgan fingerprint density at radius 2 is 2.10 bits per heavy atom. The number of aromatic nitrogens is 2. The van der Waals surface area contributed by atoms with Gasteiger partial charge < -0.3 is 15.4 Å². The van der Waals surface area contributed by atoms with Crippen molar-refractivity contribution in [3.8, 4) is 11.1 Å². The SMILES string of the molecule is CN1CCOC(Cn2cc(-c3ccc(N)cc3)cn2)C1. The van der Waals surface area contributed by atoms with Crippen molar-refractivity contribution in [2.24, 2.45) is 0 Å². The summed E-state index contributed by atoms with van der Waals surface area (Å²) in [6.45, 7) is 3.55. The average Bonchev–Trinajstić information content (AvgIpc) is 2.88. The van der Waals surface area contributed by atoms with E-state index in [4.69, 9.17) is 10.5 Å². The number of benzene rings is 1. The first-order valence-corrected chi connectivity index (χ1v) is 6.89. The predicted octanol–water partition coefficient (Wildman–Crippen LogP) is 1.46. The Kier molecular flexibility index (Phi) is 3.71. The van der Waals surface area contributed by atoms with Gasteiger partial charge in [0, 0.05) is 30.5 Å². The highest BCUT2D eigenvalue weighted by Crippen LogP contribution is 2.20. The Hall–Kier alpha value is -1.85. The first-order valence-electron chi connectivity index (χ1n) is 6.89. The lowest BCUT2D eigenvalue weighted by Crippen LogP contribution is -2.42. The minimum atomic E-state index is 0.216. The van der Waals surface area contributed by atoms with Crippen molar-refractivity contribution in [2.75, 3.05) is 32.5 Å². The van der Waals surface area contributed by atoms with Crippen LogP contribution in [0, 0.1) is 0 Å². The fourth-order valence-corrected chi connectivity index (χ4v) is 2.47. The van der Waals surface area contributed by atoms with Crippen LogP contribution in [0.25, 0.3) is 11.1 Å². The van der Waals surface area contributed by atoms with Gasteiger partial charge in [-0.25, -0.2) is 0 Å². The van der Waals surface area contributed by atoms with E-state index in [0.717, 1.165) is 43.1 Å². The molecule has 0 bridgehead atoms. The largest absolute Gasteiger partial charge is 0.399 e. The molecule has 1 aromatic carbocycles. The van der Waals surface area contributed by atoms with Crippen LogP contribution in [-0.4, -0.2) is 47.5 Å². The third-order valence-corrected chi connectivity index (χ3v) is 3.61. The lowest BCUT2D eigenvalue weighted by Gasteiger charge is -2.29. The molecule has 1 aromatic heterocycles. The molecule has 0 saturated carbocycles. The molecule has 106 valence electrons. The first kappa shape index (κ1) is 13.1. The summed E-state index contributed by atoms with van der Waals surface area (Å²) in [4.78, 5) is 2.29. The van der Waals surface area contributed by atoms with Crippen molar-refractivity contribution < 1.29 is 4.74 Å². The summed E-state index contributed by atoms with van der Waals surface area (Å²) in [6, 6.07) is 7.85. The molecule has 5 nitrogen and oxygen atoms in total. The van der Waals surface area contributed by atoms with Gasteiger partial charge in [0.05, 0.1) is 25.5 Å². The molecule has 1 atom stereocenters. The fraction of sp³-hybridized carbons (Fsp3) is 0.400. The van der Waals surface area contributed by atoms with Crippen LogP contribution >= 0.6 is 0 Å². The standard InChI is InChI=1S/C15H20N4O/c1-18-6-7-20-15(10-18)11-19-9-13(8-17-19)12-2-4-14(16)5-3-12/h2-5,8-9,15H,6-7,10-11,16H2,1H3. The van der Waals surface area contributed by atoms with Gasteiger partial charge in [0.25, 0.3) is 0 Å². The number of nitrogen functional groups attached to an aromatic ring is 1. The van der Waals surface area contributed by atoms with Crippen molar-refractivity contribution in [2.45, 2.75) is 12.6 Å². The maximum Gasteiger partial charge on any atom is 0.0897 e. The third-order valence-electron chi connectivity index (χ3n) is 3.61. The minimum absolute atomic E-state index is 0.216. The number of anilines is 1. The van der Waals surface area contributed by atoms with Gasteiger partial charge in [-0.2, -0.15) is 5.10 Å². The molecular weight excluding hydrogens is 252 g/mol. The number of ether oxygens (including phenoxy) is 1. The van der Waals surface area contributed by atoms with Gasteiger partial charge in [0.2, 0.25) is 0 Å². The van der Waals surface area contributed by atoms with Crippen molar-refractivity contribution in [3.05, 3.63) is 36.7 Å². The quantitative estimate of drug-likeness (QED) is 0.860. The van der Waals surface area contributed by atoms with Gasteiger partial charge in [0.1, 0.15) is 0 Å². The molecule has 3 rings (SSSR count). The molecule has 1 saturated heterocycles. The van der Waals surface area contributed by atoms with Crippen LogP contribution in [0.1, 0.15) is 0 Å². The van der Waals surface area contributed by atoms with Gasteiger partial charge in [-0.15, -0.1) is 0 Å². The Balaban J connectivity index is 1.69. The second kappa shape index (κ2) is 5.64. The zero-order valence-electron chi connectivity index (χ0n) is 11.7. The molecule has 2 N–H and O–H groups in total. The van der Waals surface area contributed by atoms with Crippen LogP contribution in [0.15, 0.2) is 36.7 Å². The van der Waals surface area contributed by atoms with Crippen molar-refractivity contribution in [1.29, 1.82) is 0 Å². The Morgan fingerprint density at radius 1 is 1.30 bits per heavy atom. The number of nitrogens with two attached hydrogens (primary N) is 1. The molecule has 0 spiro atoms. The van der Waals surface area contributed by atoms with E-state index < -0.39 is 0 Å². The summed E-state index contributed by atoms with van der Waals surface area (Å²) in [7, 11) is 2.12. The van der Waals surface area contributed by atoms with Crippen molar-refractivity contribution in [1.82, 2.24) is 14.7 Å². The number of morpholine rings is 1. The average molecular weight is 272 g/mol. The molecule has 0 amide bonds. The van der Waals surface area contributed by atoms with E-state index in [1.165, 1.54) is 0 Å². The molecule has 5 heteroatoms. The first-order chi connectivity index (χ1) is 9.70. The Labute approximate surface area is 118 Å². The van der Waals surface area contributed by atoms with Crippen LogP contribution in [0.3, 0.4) is 0 Å². The Morgan fingerprint density at radius 3 is 2.85 bits per heavy atom. The third kappa shape index (κ3) is 3.00.